The summed E-state index contributed by atoms with van der Waals surface area (Å²) in [5.41, 5.74) is 4.27. The lowest BCUT2D eigenvalue weighted by molar-refractivity contribution is -0.384. The van der Waals surface area contributed by atoms with Crippen LogP contribution in [0, 0.1) is 10.1 Å². The number of rotatable bonds is 20. The number of carbonyl (C=O) groups excluding carboxylic acids is 5. The van der Waals surface area contributed by atoms with Gasteiger partial charge in [-0.3, -0.25) is 44.3 Å². The maximum Gasteiger partial charge on any atom is 0.269 e. The number of imide groups is 2. The summed E-state index contributed by atoms with van der Waals surface area (Å²) in [5.74, 6) is -1.34. The van der Waals surface area contributed by atoms with E-state index in [1.807, 2.05) is 48.5 Å². The summed E-state index contributed by atoms with van der Waals surface area (Å²) in [4.78, 5) is 76.3. The van der Waals surface area contributed by atoms with E-state index in [2.05, 4.69) is 5.32 Å². The number of benzene rings is 4. The Morgan fingerprint density at radius 3 is 1.98 bits per heavy atom. The maximum absolute atomic E-state index is 13.5. The zero-order chi connectivity index (χ0) is 42.7. The third-order valence-corrected chi connectivity index (χ3v) is 10.0. The lowest BCUT2D eigenvalue weighted by Crippen LogP contribution is -2.54. The van der Waals surface area contributed by atoms with Gasteiger partial charge in [-0.2, -0.15) is 0 Å². The molecule has 1 unspecified atom stereocenters. The van der Waals surface area contributed by atoms with Crippen LogP contribution >= 0.6 is 0 Å². The first-order valence-electron chi connectivity index (χ1n) is 19.7. The van der Waals surface area contributed by atoms with Crippen LogP contribution < -0.4 is 19.7 Å². The lowest BCUT2D eigenvalue weighted by atomic mass is 10.0. The van der Waals surface area contributed by atoms with Gasteiger partial charge in [-0.05, 0) is 72.2 Å². The molecule has 16 nitrogen and oxygen atoms in total. The molecule has 61 heavy (non-hydrogen) atoms. The van der Waals surface area contributed by atoms with Crippen LogP contribution in [0.4, 0.5) is 11.4 Å². The fraction of sp³-hybridized carbons (Fsp3) is 0.267. The van der Waals surface area contributed by atoms with Crippen LogP contribution in [0.1, 0.15) is 50.2 Å². The summed E-state index contributed by atoms with van der Waals surface area (Å²) in [7, 11) is 0. The number of anilines is 1. The number of carbonyl (C=O) groups is 5. The van der Waals surface area contributed by atoms with Gasteiger partial charge in [0.2, 0.25) is 11.8 Å². The highest BCUT2D eigenvalue weighted by Crippen LogP contribution is 2.38. The Kier molecular flexibility index (Phi) is 13.7. The second-order valence-corrected chi connectivity index (χ2v) is 14.0. The molecule has 0 saturated carbocycles. The van der Waals surface area contributed by atoms with E-state index in [0.29, 0.717) is 63.3 Å². The summed E-state index contributed by atoms with van der Waals surface area (Å²) in [6.45, 7) is 2.98. The number of amides is 5. The van der Waals surface area contributed by atoms with E-state index >= 15 is 0 Å². The Morgan fingerprint density at radius 2 is 1.31 bits per heavy atom. The van der Waals surface area contributed by atoms with E-state index < -0.39 is 34.6 Å². The van der Waals surface area contributed by atoms with Crippen molar-refractivity contribution in [3.63, 3.8) is 0 Å². The largest absolute Gasteiger partial charge is 0.491 e. The van der Waals surface area contributed by atoms with E-state index in [1.54, 1.807) is 41.3 Å². The number of allylic oxidation sites excluding steroid dienone is 2. The number of ether oxygens (including phenoxy) is 5. The van der Waals surface area contributed by atoms with Crippen molar-refractivity contribution in [3.05, 3.63) is 141 Å². The summed E-state index contributed by atoms with van der Waals surface area (Å²) in [6, 6.07) is 24.9. The summed E-state index contributed by atoms with van der Waals surface area (Å²) < 4.78 is 28.2. The fourth-order valence-electron chi connectivity index (χ4n) is 6.98. The highest BCUT2D eigenvalue weighted by Gasteiger charge is 2.44. The van der Waals surface area contributed by atoms with Crippen LogP contribution in [0.25, 0.3) is 11.6 Å². The quantitative estimate of drug-likeness (QED) is 0.0406. The normalized spacial score (nSPS) is 16.7. The second kappa shape index (κ2) is 19.8. The van der Waals surface area contributed by atoms with Crippen molar-refractivity contribution < 1.29 is 52.6 Å². The van der Waals surface area contributed by atoms with E-state index in [-0.39, 0.29) is 48.8 Å². The molecule has 0 bridgehead atoms. The number of nitrogens with one attached hydrogen (secondary N) is 1. The Bertz CT molecular complexity index is 2360. The average Bonchev–Trinajstić information content (AvgIpc) is 3.67. The van der Waals surface area contributed by atoms with Crippen molar-refractivity contribution in [2.45, 2.75) is 25.4 Å². The van der Waals surface area contributed by atoms with Crippen molar-refractivity contribution in [1.82, 2.24) is 10.2 Å². The molecule has 3 aliphatic rings. The average molecular weight is 831 g/mol. The molecule has 3 heterocycles. The van der Waals surface area contributed by atoms with E-state index in [1.165, 1.54) is 24.3 Å². The van der Waals surface area contributed by atoms with Gasteiger partial charge in [-0.15, -0.1) is 0 Å². The third-order valence-electron chi connectivity index (χ3n) is 10.0. The predicted octanol–water partition coefficient (Wildman–Crippen LogP) is 5.15. The van der Waals surface area contributed by atoms with Crippen molar-refractivity contribution in [2.24, 2.45) is 0 Å². The van der Waals surface area contributed by atoms with Gasteiger partial charge in [-0.25, -0.2) is 0 Å². The van der Waals surface area contributed by atoms with E-state index in [4.69, 9.17) is 23.7 Å². The molecule has 1 atom stereocenters. The van der Waals surface area contributed by atoms with Gasteiger partial charge in [0, 0.05) is 29.7 Å². The van der Waals surface area contributed by atoms with Gasteiger partial charge in [0.25, 0.3) is 23.4 Å². The van der Waals surface area contributed by atoms with Crippen molar-refractivity contribution >= 4 is 52.6 Å². The van der Waals surface area contributed by atoms with Crippen molar-refractivity contribution in [1.29, 1.82) is 0 Å². The van der Waals surface area contributed by atoms with Gasteiger partial charge in [-0.1, -0.05) is 42.5 Å². The number of nitro groups is 1. The van der Waals surface area contributed by atoms with Gasteiger partial charge >= 0.3 is 0 Å². The van der Waals surface area contributed by atoms with Gasteiger partial charge in [0.1, 0.15) is 30.8 Å². The topological polar surface area (TPSA) is 193 Å². The third kappa shape index (κ3) is 10.2. The molecule has 7 rings (SSSR count). The van der Waals surface area contributed by atoms with Crippen LogP contribution in [-0.2, 0) is 35.1 Å². The summed E-state index contributed by atoms with van der Waals surface area (Å²) in [6.07, 6.45) is 5.47. The zero-order valence-corrected chi connectivity index (χ0v) is 33.0. The fourth-order valence-corrected chi connectivity index (χ4v) is 6.98. The number of hydrogen-bond acceptors (Lipinski definition) is 12. The number of fused-ring (bicyclic) bond motifs is 2. The highest BCUT2D eigenvalue weighted by atomic mass is 16.6. The summed E-state index contributed by atoms with van der Waals surface area (Å²) >= 11 is 0. The molecule has 1 N–H and O–H groups in total. The van der Waals surface area contributed by atoms with E-state index in [9.17, 15) is 34.1 Å². The molecule has 0 aliphatic carbocycles. The number of nitrogens with zero attached hydrogens (tertiary/aromatic N) is 3. The van der Waals surface area contributed by atoms with E-state index in [0.717, 1.165) is 27.3 Å². The Morgan fingerprint density at radius 1 is 0.689 bits per heavy atom. The molecule has 16 heteroatoms. The maximum atomic E-state index is 13.5. The number of non-ortho nitro benzene ring substituents is 1. The SMILES string of the molecule is O=C1CCC(N2C(=O)c3ccc(OCCOCCOCCOCCOc4ccc(CN5C(=O)/C(=C/C=C/c6ccc([N+](=O)[O-])cc6)c6ccccc65)cc4)cc3C2=O)C(=O)N1. The van der Waals surface area contributed by atoms with Crippen LogP contribution in [0.2, 0.25) is 0 Å². The highest BCUT2D eigenvalue weighted by molar-refractivity contribution is 6.32. The predicted molar refractivity (Wildman–Crippen MR) is 221 cm³/mol. The number of piperidine rings is 1. The van der Waals surface area contributed by atoms with Gasteiger partial charge < -0.3 is 28.6 Å². The molecule has 3 aliphatic heterocycles. The molecular weight excluding hydrogens is 789 g/mol. The van der Waals surface area contributed by atoms with Crippen molar-refractivity contribution in [2.75, 3.05) is 57.8 Å². The Labute approximate surface area is 350 Å². The zero-order valence-electron chi connectivity index (χ0n) is 33.0. The van der Waals surface area contributed by atoms with Crippen LogP contribution in [0.3, 0.4) is 0 Å². The lowest BCUT2D eigenvalue weighted by Gasteiger charge is -2.27. The number of para-hydroxylation sites is 1. The molecule has 1 saturated heterocycles. The minimum Gasteiger partial charge on any atom is -0.491 e. The number of hydrogen-bond donors (Lipinski definition) is 1. The second-order valence-electron chi connectivity index (χ2n) is 14.0. The first-order valence-corrected chi connectivity index (χ1v) is 19.7. The molecule has 4 aromatic carbocycles. The molecule has 0 aromatic heterocycles. The van der Waals surface area contributed by atoms with Gasteiger partial charge in [0.15, 0.2) is 0 Å². The Balaban J connectivity index is 0.743. The van der Waals surface area contributed by atoms with Crippen LogP contribution in [0.5, 0.6) is 11.5 Å². The summed E-state index contributed by atoms with van der Waals surface area (Å²) in [5, 5.41) is 13.1. The molecule has 0 radical (unpaired) electrons. The van der Waals surface area contributed by atoms with Crippen LogP contribution in [0.15, 0.2) is 103 Å². The molecule has 5 amide bonds. The number of nitro benzene ring substituents is 1. The minimum absolute atomic E-state index is 0.0171. The molecule has 314 valence electrons. The minimum atomic E-state index is -1.03. The Hall–Kier alpha value is -7.01. The molecular formula is C45H42N4O12. The molecule has 0 spiro atoms. The van der Waals surface area contributed by atoms with Crippen LogP contribution in [-0.4, -0.2) is 98.3 Å². The van der Waals surface area contributed by atoms with Crippen molar-refractivity contribution in [3.8, 4) is 11.5 Å². The first-order chi connectivity index (χ1) is 29.7. The monoisotopic (exact) mass is 830 g/mol. The molecule has 1 fully saturated rings. The standard InChI is InChI=1S/C45H42N4O12/c50-41-19-18-40(42(51)46-41)48-44(53)37-17-16-34(28-38(37)45(48)54)61-27-25-59-23-21-57-20-22-58-24-26-60-33-14-10-31(11-15-33)29-47-39-7-2-1-5-35(39)36(43(47)52)6-3-4-30-8-12-32(13-9-30)49(55)56/h1-17,28,40H,18-27,29H2,(H,46,50,51)/b4-3+,36-6+. The van der Waals surface area contributed by atoms with Gasteiger partial charge in [0.05, 0.1) is 67.9 Å². The smallest absolute Gasteiger partial charge is 0.269 e. The molecule has 4 aromatic rings. The first kappa shape index (κ1) is 42.1.